The highest BCUT2D eigenvalue weighted by Gasteiger charge is 2.20. The van der Waals surface area contributed by atoms with Crippen LogP contribution in [0, 0.1) is 0 Å². The topological polar surface area (TPSA) is 394 Å². The Morgan fingerprint density at radius 3 is 0.740 bits per heavy atom. The fourth-order valence-electron chi connectivity index (χ4n) is 2.80. The smallest absolute Gasteiger partial charge is 0.310 e. The first-order chi connectivity index (χ1) is 21.2. The predicted octanol–water partition coefficient (Wildman–Crippen LogP) is 2.73. The maximum atomic E-state index is 10.4. The molecule has 1 rings (SSSR count). The summed E-state index contributed by atoms with van der Waals surface area (Å²) in [7, 11) is -30.8. The van der Waals surface area contributed by atoms with E-state index in [-0.39, 0.29) is 11.1 Å². The van der Waals surface area contributed by atoms with E-state index in [1.54, 1.807) is 0 Å². The Labute approximate surface area is 282 Å². The molecular formula is C16H44F6N4O18P6. The van der Waals surface area contributed by atoms with Crippen LogP contribution >= 0.6 is 47.4 Å². The van der Waals surface area contributed by atoms with Crippen LogP contribution in [0.5, 0.6) is 0 Å². The quantitative estimate of drug-likeness (QED) is 0.123. The van der Waals surface area contributed by atoms with Gasteiger partial charge in [0.2, 0.25) is 0 Å². The third-order valence-electron chi connectivity index (χ3n) is 3.59. The lowest BCUT2D eigenvalue weighted by molar-refractivity contribution is 0.320. The predicted molar refractivity (Wildman–Crippen MR) is 168 cm³/mol. The Bertz CT molecular complexity index is 1040. The van der Waals surface area contributed by atoms with Gasteiger partial charge < -0.3 is 10.6 Å². The van der Waals surface area contributed by atoms with Crippen molar-refractivity contribution in [2.24, 2.45) is 9.98 Å². The van der Waals surface area contributed by atoms with E-state index in [4.69, 9.17) is 86.1 Å². The summed E-state index contributed by atoms with van der Waals surface area (Å²) in [5.41, 5.74) is 2.62. The lowest BCUT2D eigenvalue weighted by Gasteiger charge is -2.28. The van der Waals surface area contributed by atoms with Crippen LogP contribution in [0.25, 0.3) is 0 Å². The van der Waals surface area contributed by atoms with Gasteiger partial charge in [-0.15, -0.1) is 25.2 Å². The van der Waals surface area contributed by atoms with E-state index in [1.807, 2.05) is 0 Å². The summed E-state index contributed by atoms with van der Waals surface area (Å²) >= 11 is 0. The number of aliphatic imine (C=N–C) groups is 2. The summed E-state index contributed by atoms with van der Waals surface area (Å²) in [6, 6.07) is 0. The highest BCUT2D eigenvalue weighted by Crippen LogP contribution is 2.37. The number of halogens is 6. The molecule has 0 fully saturated rings. The van der Waals surface area contributed by atoms with Gasteiger partial charge >= 0.3 is 47.4 Å². The molecule has 0 bridgehead atoms. The van der Waals surface area contributed by atoms with E-state index in [0.29, 0.717) is 0 Å². The Hall–Kier alpha value is -0.260. The number of hydrogen-bond donors (Lipinski definition) is 14. The largest absolute Gasteiger partial charge is 0.507 e. The SMILES string of the molecule is C/C1=N\CCNC(C)(C)C/C(C)=N/CCNC(C)(C)C1.O=P(O)(O)F.O=P(O)(O)F.O=P(O)(O)F.O=P(O)(O)F.O=P(O)(O)F.O=P(O)(O)F. The Balaban J connectivity index is -0.000000132. The molecule has 0 aliphatic carbocycles. The molecular weight excluding hydrogens is 836 g/mol. The van der Waals surface area contributed by atoms with Gasteiger partial charge in [-0.2, -0.15) is 0 Å². The minimum atomic E-state index is -5.14. The van der Waals surface area contributed by atoms with Gasteiger partial charge in [0.05, 0.1) is 13.1 Å². The Morgan fingerprint density at radius 1 is 0.460 bits per heavy atom. The molecule has 1 aliphatic heterocycles. The molecule has 0 aromatic heterocycles. The average molecular weight is 880 g/mol. The zero-order valence-electron chi connectivity index (χ0n) is 26.9. The van der Waals surface area contributed by atoms with Crippen molar-refractivity contribution in [3.8, 4) is 0 Å². The van der Waals surface area contributed by atoms with Crippen LogP contribution in [-0.2, 0) is 27.4 Å². The molecule has 0 saturated carbocycles. The average Bonchev–Trinajstić information content (AvgIpc) is 2.66. The van der Waals surface area contributed by atoms with Crippen molar-refractivity contribution in [2.45, 2.75) is 65.5 Å². The van der Waals surface area contributed by atoms with Gasteiger partial charge in [-0.1, -0.05) is 0 Å². The Kier molecular flexibility index (Phi) is 33.8. The molecule has 1 heterocycles. The second-order valence-electron chi connectivity index (χ2n) is 10.0. The normalized spacial score (nSPS) is 19.3. The molecule has 14 N–H and O–H groups in total. The van der Waals surface area contributed by atoms with E-state index >= 15 is 0 Å². The molecule has 0 spiro atoms. The van der Waals surface area contributed by atoms with E-state index in [0.717, 1.165) is 39.0 Å². The number of hydrogen-bond acceptors (Lipinski definition) is 10. The molecule has 22 nitrogen and oxygen atoms in total. The molecule has 0 radical (unpaired) electrons. The molecule has 0 aromatic carbocycles. The maximum absolute atomic E-state index is 10.4. The molecule has 34 heteroatoms. The first-order valence-corrected chi connectivity index (χ1v) is 21.2. The summed E-state index contributed by atoms with van der Waals surface area (Å²) in [6.45, 7) is 16.7. The lowest BCUT2D eigenvalue weighted by Crippen LogP contribution is -2.44. The highest BCUT2D eigenvalue weighted by atomic mass is 31.2. The van der Waals surface area contributed by atoms with Crippen LogP contribution in [0.3, 0.4) is 0 Å². The van der Waals surface area contributed by atoms with Crippen molar-refractivity contribution in [3.05, 3.63) is 0 Å². The first-order valence-electron chi connectivity index (χ1n) is 12.2. The summed E-state index contributed by atoms with van der Waals surface area (Å²) in [4.78, 5) is 92.9. The monoisotopic (exact) mass is 880 g/mol. The summed E-state index contributed by atoms with van der Waals surface area (Å²) in [5, 5.41) is 7.16. The number of nitrogens with zero attached hydrogens (tertiary/aromatic N) is 2. The van der Waals surface area contributed by atoms with Crippen LogP contribution in [-0.4, -0.2) is 107 Å². The third kappa shape index (κ3) is 157. The number of nitrogens with one attached hydrogen (secondary N) is 2. The van der Waals surface area contributed by atoms with Gasteiger partial charge in [0.25, 0.3) is 0 Å². The maximum Gasteiger partial charge on any atom is 0.507 e. The van der Waals surface area contributed by atoms with Crippen LogP contribution < -0.4 is 10.6 Å². The Morgan fingerprint density at radius 2 is 0.600 bits per heavy atom. The molecule has 50 heavy (non-hydrogen) atoms. The standard InChI is InChI=1S/C16H32N4.6FH2O3P/c1-13-11-15(3,4)19-10-8-18-14(2)12-16(5,6)20-9-7-17-13;6*1-5(2,3)4/h19-20H,7-12H2,1-6H3;6*(H2,2,3,4)/b17-13+,18-14+;;;;;;. The van der Waals surface area contributed by atoms with Crippen molar-refractivity contribution in [1.82, 2.24) is 10.6 Å². The van der Waals surface area contributed by atoms with Gasteiger partial charge in [-0.3, -0.25) is 68.7 Å². The summed E-state index contributed by atoms with van der Waals surface area (Å²) < 4.78 is 114. The summed E-state index contributed by atoms with van der Waals surface area (Å²) in [6.07, 6.45) is 1.97. The molecule has 308 valence electrons. The van der Waals surface area contributed by atoms with Gasteiger partial charge in [0.1, 0.15) is 0 Å². The minimum Gasteiger partial charge on any atom is -0.310 e. The fraction of sp³-hybridized carbons (Fsp3) is 0.875. The minimum absolute atomic E-state index is 0.0911. The molecule has 0 atom stereocenters. The van der Waals surface area contributed by atoms with Crippen molar-refractivity contribution in [1.29, 1.82) is 0 Å². The zero-order chi connectivity index (χ0) is 42.2. The highest BCUT2D eigenvalue weighted by molar-refractivity contribution is 7.46. The van der Waals surface area contributed by atoms with Gasteiger partial charge in [-0.25, -0.2) is 27.4 Å². The lowest BCUT2D eigenvalue weighted by atomic mass is 9.97. The third-order valence-corrected chi connectivity index (χ3v) is 3.59. The van der Waals surface area contributed by atoms with Crippen molar-refractivity contribution >= 4 is 58.9 Å². The molecule has 1 aliphatic rings. The summed E-state index contributed by atoms with van der Waals surface area (Å²) in [5.74, 6) is 0. The van der Waals surface area contributed by atoms with Crippen LogP contribution in [0.15, 0.2) is 9.98 Å². The van der Waals surface area contributed by atoms with Crippen molar-refractivity contribution in [3.63, 3.8) is 0 Å². The van der Waals surface area contributed by atoms with Gasteiger partial charge in [0.15, 0.2) is 0 Å². The second-order valence-corrected chi connectivity index (χ2v) is 15.7. The fourth-order valence-corrected chi connectivity index (χ4v) is 2.80. The van der Waals surface area contributed by atoms with E-state index in [2.05, 4.69) is 62.2 Å². The molecule has 0 amide bonds. The molecule has 0 unspecified atom stereocenters. The molecule has 0 aromatic rings. The van der Waals surface area contributed by atoms with E-state index in [1.165, 1.54) is 11.4 Å². The number of rotatable bonds is 0. The van der Waals surface area contributed by atoms with E-state index < -0.39 is 47.4 Å². The second kappa shape index (κ2) is 27.3. The van der Waals surface area contributed by atoms with Crippen molar-refractivity contribution in [2.75, 3.05) is 26.2 Å². The molecule has 0 saturated heterocycles. The van der Waals surface area contributed by atoms with Crippen LogP contribution in [0.2, 0.25) is 0 Å². The van der Waals surface area contributed by atoms with Crippen LogP contribution in [0.1, 0.15) is 54.4 Å². The van der Waals surface area contributed by atoms with Gasteiger partial charge in [-0.05, 0) is 41.5 Å². The zero-order valence-corrected chi connectivity index (χ0v) is 32.3. The van der Waals surface area contributed by atoms with Crippen molar-refractivity contribution < 1.29 is 111 Å². The van der Waals surface area contributed by atoms with Crippen LogP contribution in [0.4, 0.5) is 25.2 Å². The van der Waals surface area contributed by atoms with Gasteiger partial charge in [0, 0.05) is 48.4 Å². The van der Waals surface area contributed by atoms with E-state index in [9.17, 15) is 25.2 Å². The first kappa shape index (κ1) is 61.8.